The maximum absolute atomic E-state index is 2.48. The molecule has 0 atom stereocenters. The van der Waals surface area contributed by atoms with Crippen LogP contribution in [-0.4, -0.2) is 0 Å². The highest BCUT2D eigenvalue weighted by molar-refractivity contribution is 7.26. The van der Waals surface area contributed by atoms with Crippen molar-refractivity contribution >= 4 is 48.6 Å². The van der Waals surface area contributed by atoms with Gasteiger partial charge in [0, 0.05) is 37.2 Å². The molecule has 0 unspecified atom stereocenters. The Morgan fingerprint density at radius 1 is 0.271 bits per heavy atom. The fourth-order valence-corrected chi connectivity index (χ4v) is 13.6. The number of fused-ring (bicyclic) bond motifs is 9. The summed E-state index contributed by atoms with van der Waals surface area (Å²) in [5, 5.41) is 2.61. The molecule has 2 aliphatic rings. The molecule has 2 heteroatoms. The van der Waals surface area contributed by atoms with Crippen LogP contribution in [0.2, 0.25) is 0 Å². The molecule has 12 aromatic rings. The molecule has 1 heterocycles. The minimum absolute atomic E-state index is 0.495. The van der Waals surface area contributed by atoms with E-state index in [2.05, 4.69) is 278 Å². The van der Waals surface area contributed by atoms with Crippen molar-refractivity contribution in [2.75, 3.05) is 4.90 Å². The van der Waals surface area contributed by atoms with Gasteiger partial charge in [0.15, 0.2) is 0 Å². The standard InChI is InChI=1S/C68H45NS/c1-4-21-47(22-5-1)67(61-34-14-10-28-55(61)56-29-11-15-35-62(56)67)50-38-40-51(41-39-50)69(52-27-18-20-46(44-52)54-32-19-33-60-59-31-13-17-37-65(59)70-66(54)60)53-42-43-58-57-30-12-16-36-63(57)68(64(58)45-53,48-23-6-2-7-24-48)49-25-8-3-9-26-49/h1-45H. The second kappa shape index (κ2) is 16.0. The van der Waals surface area contributed by atoms with Crippen LogP contribution in [0.25, 0.3) is 53.6 Å². The van der Waals surface area contributed by atoms with E-state index in [-0.39, 0.29) is 0 Å². The molecule has 0 spiro atoms. The van der Waals surface area contributed by atoms with Gasteiger partial charge in [0.25, 0.3) is 0 Å². The molecular weight excluding hydrogens is 863 g/mol. The van der Waals surface area contributed by atoms with Crippen LogP contribution in [0.5, 0.6) is 0 Å². The van der Waals surface area contributed by atoms with E-state index in [4.69, 9.17) is 0 Å². The van der Waals surface area contributed by atoms with Crippen LogP contribution in [-0.2, 0) is 10.8 Å². The number of nitrogens with zero attached hydrogens (tertiary/aromatic N) is 1. The second-order valence-electron chi connectivity index (χ2n) is 18.7. The highest BCUT2D eigenvalue weighted by Crippen LogP contribution is 2.59. The first-order chi connectivity index (χ1) is 34.7. The third kappa shape index (κ3) is 5.84. The zero-order valence-electron chi connectivity index (χ0n) is 38.3. The summed E-state index contributed by atoms with van der Waals surface area (Å²) in [5.74, 6) is 0. The van der Waals surface area contributed by atoms with Crippen molar-refractivity contribution in [3.05, 3.63) is 317 Å². The maximum atomic E-state index is 2.48. The Labute approximate surface area is 412 Å². The highest BCUT2D eigenvalue weighted by Gasteiger charge is 2.47. The zero-order chi connectivity index (χ0) is 46.2. The fraction of sp³-hybridized carbons (Fsp3) is 0.0294. The van der Waals surface area contributed by atoms with E-state index in [1.165, 1.54) is 98.1 Å². The predicted molar refractivity (Wildman–Crippen MR) is 294 cm³/mol. The van der Waals surface area contributed by atoms with Crippen molar-refractivity contribution in [1.82, 2.24) is 0 Å². The van der Waals surface area contributed by atoms with Crippen molar-refractivity contribution in [3.63, 3.8) is 0 Å². The average molecular weight is 908 g/mol. The van der Waals surface area contributed by atoms with Crippen molar-refractivity contribution < 1.29 is 0 Å². The van der Waals surface area contributed by atoms with Crippen LogP contribution in [0.4, 0.5) is 17.1 Å². The van der Waals surface area contributed by atoms with E-state index in [0.717, 1.165) is 17.1 Å². The summed E-state index contributed by atoms with van der Waals surface area (Å²) in [7, 11) is 0. The molecule has 1 aromatic heterocycles. The first-order valence-corrected chi connectivity index (χ1v) is 25.1. The van der Waals surface area contributed by atoms with Crippen LogP contribution in [0.3, 0.4) is 0 Å². The lowest BCUT2D eigenvalue weighted by atomic mass is 9.67. The van der Waals surface area contributed by atoms with Crippen LogP contribution < -0.4 is 4.90 Å². The molecule has 14 rings (SSSR count). The van der Waals surface area contributed by atoms with Gasteiger partial charge in [-0.05, 0) is 120 Å². The molecule has 0 N–H and O–H groups in total. The van der Waals surface area contributed by atoms with Gasteiger partial charge in [0.05, 0.1) is 10.8 Å². The Morgan fingerprint density at radius 3 is 1.30 bits per heavy atom. The normalized spacial score (nSPS) is 13.7. The zero-order valence-corrected chi connectivity index (χ0v) is 39.2. The molecule has 0 aliphatic heterocycles. The Bertz CT molecular complexity index is 3860. The largest absolute Gasteiger partial charge is 0.310 e. The molecule has 0 amide bonds. The summed E-state index contributed by atoms with van der Waals surface area (Å²) >= 11 is 1.88. The lowest BCUT2D eigenvalue weighted by molar-refractivity contribution is 0.768. The highest BCUT2D eigenvalue weighted by atomic mass is 32.1. The molecule has 11 aromatic carbocycles. The number of anilines is 3. The molecule has 70 heavy (non-hydrogen) atoms. The van der Waals surface area contributed by atoms with Gasteiger partial charge in [-0.3, -0.25) is 0 Å². The Morgan fingerprint density at radius 2 is 0.700 bits per heavy atom. The van der Waals surface area contributed by atoms with E-state index in [1.807, 2.05) is 11.3 Å². The molecule has 2 aliphatic carbocycles. The molecular formula is C68H45NS. The van der Waals surface area contributed by atoms with Gasteiger partial charge in [-0.15, -0.1) is 11.3 Å². The van der Waals surface area contributed by atoms with E-state index in [0.29, 0.717) is 0 Å². The first kappa shape index (κ1) is 40.5. The van der Waals surface area contributed by atoms with E-state index >= 15 is 0 Å². The molecule has 0 saturated heterocycles. The SMILES string of the molecule is c1ccc(C2(c3ccc(N(c4cccc(-c5cccc6c5sc5ccccc56)c4)c4ccc5c(c4)C(c4ccccc4)(c4ccccc4)c4ccccc4-5)cc3)c3ccccc3-c3ccccc32)cc1. The van der Waals surface area contributed by atoms with E-state index in [1.54, 1.807) is 0 Å². The fourth-order valence-electron chi connectivity index (χ4n) is 12.4. The van der Waals surface area contributed by atoms with Gasteiger partial charge in [0.1, 0.15) is 0 Å². The van der Waals surface area contributed by atoms with Gasteiger partial charge in [-0.2, -0.15) is 0 Å². The molecule has 0 fully saturated rings. The third-order valence-electron chi connectivity index (χ3n) is 15.2. The maximum Gasteiger partial charge on any atom is 0.0714 e. The van der Waals surface area contributed by atoms with Crippen LogP contribution in [0, 0.1) is 0 Å². The van der Waals surface area contributed by atoms with Gasteiger partial charge in [-0.1, -0.05) is 231 Å². The second-order valence-corrected chi connectivity index (χ2v) is 19.7. The van der Waals surface area contributed by atoms with Crippen LogP contribution in [0.15, 0.2) is 273 Å². The van der Waals surface area contributed by atoms with Crippen LogP contribution in [0.1, 0.15) is 44.5 Å². The lowest BCUT2D eigenvalue weighted by Gasteiger charge is -2.35. The topological polar surface area (TPSA) is 3.24 Å². The van der Waals surface area contributed by atoms with Gasteiger partial charge >= 0.3 is 0 Å². The molecule has 0 radical (unpaired) electrons. The summed E-state index contributed by atoms with van der Waals surface area (Å²) in [6, 6.07) is 102. The minimum atomic E-state index is -0.538. The van der Waals surface area contributed by atoms with Crippen LogP contribution >= 0.6 is 11.3 Å². The molecule has 1 nitrogen and oxygen atoms in total. The quantitative estimate of drug-likeness (QED) is 0.147. The molecule has 0 bridgehead atoms. The Balaban J connectivity index is 1.00. The predicted octanol–water partition coefficient (Wildman–Crippen LogP) is 17.9. The third-order valence-corrected chi connectivity index (χ3v) is 16.5. The molecule has 0 saturated carbocycles. The smallest absolute Gasteiger partial charge is 0.0714 e. The summed E-state index contributed by atoms with van der Waals surface area (Å²) < 4.78 is 2.62. The molecule has 328 valence electrons. The number of rotatable bonds is 8. The number of benzene rings is 11. The summed E-state index contributed by atoms with van der Waals surface area (Å²) in [6.45, 7) is 0. The van der Waals surface area contributed by atoms with Gasteiger partial charge < -0.3 is 4.90 Å². The van der Waals surface area contributed by atoms with Crippen molar-refractivity contribution in [2.45, 2.75) is 10.8 Å². The first-order valence-electron chi connectivity index (χ1n) is 24.2. The summed E-state index contributed by atoms with van der Waals surface area (Å²) in [4.78, 5) is 2.48. The van der Waals surface area contributed by atoms with Crippen molar-refractivity contribution in [1.29, 1.82) is 0 Å². The van der Waals surface area contributed by atoms with Gasteiger partial charge in [-0.25, -0.2) is 0 Å². The average Bonchev–Trinajstić information content (AvgIpc) is 4.08. The summed E-state index contributed by atoms with van der Waals surface area (Å²) in [6.07, 6.45) is 0. The number of hydrogen-bond acceptors (Lipinski definition) is 2. The van der Waals surface area contributed by atoms with Crippen molar-refractivity contribution in [3.8, 4) is 33.4 Å². The number of thiophene rings is 1. The lowest BCUT2D eigenvalue weighted by Crippen LogP contribution is -2.29. The van der Waals surface area contributed by atoms with Crippen molar-refractivity contribution in [2.24, 2.45) is 0 Å². The Kier molecular flexibility index (Phi) is 9.27. The van der Waals surface area contributed by atoms with E-state index < -0.39 is 10.8 Å². The van der Waals surface area contributed by atoms with E-state index in [9.17, 15) is 0 Å². The minimum Gasteiger partial charge on any atom is -0.310 e. The number of hydrogen-bond donors (Lipinski definition) is 0. The van der Waals surface area contributed by atoms with Gasteiger partial charge in [0.2, 0.25) is 0 Å². The monoisotopic (exact) mass is 907 g/mol. The Hall–Kier alpha value is -8.56. The summed E-state index contributed by atoms with van der Waals surface area (Å²) in [5.41, 5.74) is 20.0.